The van der Waals surface area contributed by atoms with E-state index in [4.69, 9.17) is 26.4 Å². The van der Waals surface area contributed by atoms with Crippen LogP contribution < -0.4 is 25.1 Å². The first kappa shape index (κ1) is 19.4. The number of thiocarbonyl (C=S) groups is 1. The molecule has 0 spiro atoms. The minimum absolute atomic E-state index is 0.522. The minimum atomic E-state index is 0.522. The molecule has 0 radical (unpaired) electrons. The standard InChI is InChI=1S/C17H26N4O3S/c1-22-15-5-4-14(12-16(15)23-2)13-19-20-17(25)18-6-3-7-21-8-10-24-11-9-21/h4-5,12-13H,3,6-11H2,1-2H3,(H2,18,20,25)/p+1/b19-13-. The monoisotopic (exact) mass is 367 g/mol. The number of morpholine rings is 1. The van der Waals surface area contributed by atoms with Gasteiger partial charge < -0.3 is 24.4 Å². The van der Waals surface area contributed by atoms with Gasteiger partial charge in [0.2, 0.25) is 0 Å². The predicted octanol–water partition coefficient (Wildman–Crippen LogP) is -0.193. The average Bonchev–Trinajstić information content (AvgIpc) is 2.66. The van der Waals surface area contributed by atoms with Crippen LogP contribution in [-0.2, 0) is 4.74 Å². The zero-order valence-corrected chi connectivity index (χ0v) is 15.7. The molecule has 2 rings (SSSR count). The van der Waals surface area contributed by atoms with E-state index in [0.29, 0.717) is 16.6 Å². The van der Waals surface area contributed by atoms with Crippen molar-refractivity contribution in [3.05, 3.63) is 23.8 Å². The highest BCUT2D eigenvalue weighted by Crippen LogP contribution is 2.26. The molecular weight excluding hydrogens is 340 g/mol. The smallest absolute Gasteiger partial charge is 0.186 e. The number of hydrogen-bond donors (Lipinski definition) is 3. The van der Waals surface area contributed by atoms with E-state index in [0.717, 1.165) is 51.4 Å². The van der Waals surface area contributed by atoms with E-state index in [9.17, 15) is 0 Å². The lowest BCUT2D eigenvalue weighted by Crippen LogP contribution is -3.14. The van der Waals surface area contributed by atoms with Crippen LogP contribution in [0.5, 0.6) is 11.5 Å². The molecule has 1 saturated heterocycles. The lowest BCUT2D eigenvalue weighted by molar-refractivity contribution is -0.908. The lowest BCUT2D eigenvalue weighted by Gasteiger charge is -2.23. The summed E-state index contributed by atoms with van der Waals surface area (Å²) in [5.74, 6) is 1.35. The Morgan fingerprint density at radius 2 is 2.04 bits per heavy atom. The SMILES string of the molecule is COc1ccc(/C=N\NC(=S)NCCC[NH+]2CCOCC2)cc1OC. The Bertz CT molecular complexity index is 577. The van der Waals surface area contributed by atoms with Crippen LogP contribution in [0.15, 0.2) is 23.3 Å². The van der Waals surface area contributed by atoms with Crippen molar-refractivity contribution in [3.8, 4) is 11.5 Å². The third kappa shape index (κ3) is 6.85. The van der Waals surface area contributed by atoms with Gasteiger partial charge in [0.05, 0.1) is 40.2 Å². The summed E-state index contributed by atoms with van der Waals surface area (Å²) in [6.45, 7) is 5.90. The summed E-state index contributed by atoms with van der Waals surface area (Å²) in [7, 11) is 3.21. The van der Waals surface area contributed by atoms with E-state index in [1.807, 2.05) is 18.2 Å². The van der Waals surface area contributed by atoms with E-state index in [1.165, 1.54) is 0 Å². The van der Waals surface area contributed by atoms with E-state index in [-0.39, 0.29) is 0 Å². The average molecular weight is 367 g/mol. The number of hydrazone groups is 1. The van der Waals surface area contributed by atoms with Gasteiger partial charge in [-0.05, 0) is 36.0 Å². The van der Waals surface area contributed by atoms with E-state index in [1.54, 1.807) is 25.3 Å². The van der Waals surface area contributed by atoms with Gasteiger partial charge in [0.1, 0.15) is 13.1 Å². The molecule has 1 fully saturated rings. The molecule has 1 heterocycles. The zero-order valence-electron chi connectivity index (χ0n) is 14.8. The molecule has 0 atom stereocenters. The van der Waals surface area contributed by atoms with Crippen molar-refractivity contribution in [2.24, 2.45) is 5.10 Å². The second kappa shape index (κ2) is 10.9. The molecule has 1 aliphatic rings. The van der Waals surface area contributed by atoms with Crippen LogP contribution in [0.2, 0.25) is 0 Å². The molecule has 8 heteroatoms. The largest absolute Gasteiger partial charge is 0.493 e. The fourth-order valence-corrected chi connectivity index (χ4v) is 2.74. The maximum Gasteiger partial charge on any atom is 0.186 e. The van der Waals surface area contributed by atoms with Gasteiger partial charge in [0.25, 0.3) is 0 Å². The van der Waals surface area contributed by atoms with Gasteiger partial charge in [0, 0.05) is 13.0 Å². The summed E-state index contributed by atoms with van der Waals surface area (Å²) >= 11 is 5.22. The molecule has 1 aliphatic heterocycles. The number of methoxy groups -OCH3 is 2. The highest BCUT2D eigenvalue weighted by molar-refractivity contribution is 7.80. The van der Waals surface area contributed by atoms with Crippen molar-refractivity contribution in [3.63, 3.8) is 0 Å². The molecule has 1 aromatic carbocycles. The zero-order chi connectivity index (χ0) is 17.9. The second-order valence-corrected chi connectivity index (χ2v) is 6.11. The highest BCUT2D eigenvalue weighted by Gasteiger charge is 2.12. The number of ether oxygens (including phenoxy) is 3. The number of benzene rings is 1. The highest BCUT2D eigenvalue weighted by atomic mass is 32.1. The second-order valence-electron chi connectivity index (χ2n) is 5.71. The molecule has 3 N–H and O–H groups in total. The van der Waals surface area contributed by atoms with Gasteiger partial charge >= 0.3 is 0 Å². The quantitative estimate of drug-likeness (QED) is 0.256. The van der Waals surface area contributed by atoms with E-state index >= 15 is 0 Å². The molecule has 0 bridgehead atoms. The Labute approximate surface area is 154 Å². The molecule has 0 aromatic heterocycles. The van der Waals surface area contributed by atoms with Crippen LogP contribution in [0.25, 0.3) is 0 Å². The number of nitrogens with zero attached hydrogens (tertiary/aromatic N) is 1. The van der Waals surface area contributed by atoms with Gasteiger partial charge in [-0.25, -0.2) is 0 Å². The third-order valence-electron chi connectivity index (χ3n) is 3.98. The summed E-state index contributed by atoms with van der Waals surface area (Å²) in [4.78, 5) is 1.60. The number of hydrogen-bond acceptors (Lipinski definition) is 5. The molecule has 0 amide bonds. The summed E-state index contributed by atoms with van der Waals surface area (Å²) in [6, 6.07) is 5.59. The van der Waals surface area contributed by atoms with Crippen LogP contribution in [-0.4, -0.2) is 64.9 Å². The van der Waals surface area contributed by atoms with Crippen LogP contribution in [0, 0.1) is 0 Å². The topological polar surface area (TPSA) is 68.5 Å². The molecule has 138 valence electrons. The predicted molar refractivity (Wildman–Crippen MR) is 102 cm³/mol. The summed E-state index contributed by atoms with van der Waals surface area (Å²) < 4.78 is 15.8. The van der Waals surface area contributed by atoms with Crippen LogP contribution >= 0.6 is 12.2 Å². The van der Waals surface area contributed by atoms with Crippen molar-refractivity contribution in [2.75, 3.05) is 53.6 Å². The number of rotatable bonds is 8. The van der Waals surface area contributed by atoms with Gasteiger partial charge in [-0.2, -0.15) is 5.10 Å². The van der Waals surface area contributed by atoms with E-state index < -0.39 is 0 Å². The van der Waals surface area contributed by atoms with Gasteiger partial charge in [-0.15, -0.1) is 0 Å². The van der Waals surface area contributed by atoms with Crippen LogP contribution in [0.1, 0.15) is 12.0 Å². The Kier molecular flexibility index (Phi) is 8.44. The normalized spacial score (nSPS) is 15.1. The van der Waals surface area contributed by atoms with Crippen molar-refractivity contribution < 1.29 is 19.1 Å². The Balaban J connectivity index is 1.66. The molecule has 1 aromatic rings. The molecule has 0 aliphatic carbocycles. The molecule has 0 unspecified atom stereocenters. The first-order valence-corrected chi connectivity index (χ1v) is 8.84. The third-order valence-corrected chi connectivity index (χ3v) is 4.22. The van der Waals surface area contributed by atoms with Crippen molar-refractivity contribution in [1.29, 1.82) is 0 Å². The van der Waals surface area contributed by atoms with Crippen LogP contribution in [0.4, 0.5) is 0 Å². The Morgan fingerprint density at radius 3 is 2.76 bits per heavy atom. The first-order valence-electron chi connectivity index (χ1n) is 8.43. The Morgan fingerprint density at radius 1 is 1.28 bits per heavy atom. The molecule has 25 heavy (non-hydrogen) atoms. The van der Waals surface area contributed by atoms with Crippen LogP contribution in [0.3, 0.4) is 0 Å². The van der Waals surface area contributed by atoms with Gasteiger partial charge in [-0.1, -0.05) is 0 Å². The molecule has 7 nitrogen and oxygen atoms in total. The van der Waals surface area contributed by atoms with Crippen molar-refractivity contribution in [2.45, 2.75) is 6.42 Å². The number of quaternary nitrogens is 1. The lowest BCUT2D eigenvalue weighted by atomic mass is 10.2. The van der Waals surface area contributed by atoms with Crippen molar-refractivity contribution in [1.82, 2.24) is 10.7 Å². The maximum absolute atomic E-state index is 5.35. The molecule has 0 saturated carbocycles. The van der Waals surface area contributed by atoms with E-state index in [2.05, 4.69) is 15.8 Å². The van der Waals surface area contributed by atoms with Crippen molar-refractivity contribution >= 4 is 23.5 Å². The fourth-order valence-electron chi connectivity index (χ4n) is 2.59. The van der Waals surface area contributed by atoms with Gasteiger partial charge in [-0.3, -0.25) is 5.43 Å². The fraction of sp³-hybridized carbons (Fsp3) is 0.529. The summed E-state index contributed by atoms with van der Waals surface area (Å²) in [5, 5.41) is 7.83. The van der Waals surface area contributed by atoms with Gasteiger partial charge in [0.15, 0.2) is 16.6 Å². The summed E-state index contributed by atoms with van der Waals surface area (Å²) in [6.07, 6.45) is 2.75. The first-order chi connectivity index (χ1) is 12.2. The minimum Gasteiger partial charge on any atom is -0.493 e. The molecular formula is C17H27N4O3S+. The maximum atomic E-state index is 5.35. The Hall–Kier alpha value is -1.90. The summed E-state index contributed by atoms with van der Waals surface area (Å²) in [5.41, 5.74) is 3.72. The number of nitrogens with one attached hydrogen (secondary N) is 3.